The second-order valence-corrected chi connectivity index (χ2v) is 7.02. The van der Waals surface area contributed by atoms with Gasteiger partial charge in [0, 0.05) is 34.9 Å². The number of furan rings is 1. The van der Waals surface area contributed by atoms with Gasteiger partial charge in [0.2, 0.25) is 0 Å². The monoisotopic (exact) mass is 399 g/mol. The minimum Gasteiger partial charge on any atom is -0.451 e. The Morgan fingerprint density at radius 3 is 2.56 bits per heavy atom. The van der Waals surface area contributed by atoms with Gasteiger partial charge in [-0.3, -0.25) is 4.79 Å². The highest BCUT2D eigenvalue weighted by Crippen LogP contribution is 2.26. The van der Waals surface area contributed by atoms with Gasteiger partial charge in [0.05, 0.1) is 0 Å². The smallest absolute Gasteiger partial charge is 0.287 e. The molecular formula is C20H15Cl2N3O2. The van der Waals surface area contributed by atoms with Gasteiger partial charge in [-0.15, -0.1) is 0 Å². The van der Waals surface area contributed by atoms with Crippen molar-refractivity contribution < 1.29 is 9.21 Å². The quantitative estimate of drug-likeness (QED) is 0.525. The van der Waals surface area contributed by atoms with Gasteiger partial charge in [0.15, 0.2) is 5.76 Å². The van der Waals surface area contributed by atoms with Gasteiger partial charge in [-0.1, -0.05) is 35.3 Å². The van der Waals surface area contributed by atoms with Gasteiger partial charge >= 0.3 is 0 Å². The summed E-state index contributed by atoms with van der Waals surface area (Å²) in [5, 5.41) is 4.98. The summed E-state index contributed by atoms with van der Waals surface area (Å²) >= 11 is 12.0. The predicted molar refractivity (Wildman–Crippen MR) is 105 cm³/mol. The predicted octanol–water partition coefficient (Wildman–Crippen LogP) is 4.99. The van der Waals surface area contributed by atoms with E-state index in [1.54, 1.807) is 42.6 Å². The van der Waals surface area contributed by atoms with E-state index in [0.717, 1.165) is 10.9 Å². The Hall–Kier alpha value is -2.76. The maximum atomic E-state index is 12.9. The Kier molecular flexibility index (Phi) is 4.64. The fraction of sp³-hybridized carbons (Fsp3) is 0.100. The molecule has 4 aromatic rings. The van der Waals surface area contributed by atoms with Gasteiger partial charge in [0.25, 0.3) is 5.91 Å². The van der Waals surface area contributed by atoms with Crippen molar-refractivity contribution in [2.45, 2.75) is 6.04 Å². The minimum atomic E-state index is -0.452. The lowest BCUT2D eigenvalue weighted by molar-refractivity contribution is 0.0915. The van der Waals surface area contributed by atoms with Crippen LogP contribution in [0.5, 0.6) is 0 Å². The largest absolute Gasteiger partial charge is 0.451 e. The van der Waals surface area contributed by atoms with E-state index in [1.807, 2.05) is 29.9 Å². The summed E-state index contributed by atoms with van der Waals surface area (Å²) in [6, 6.07) is 13.7. The molecule has 0 spiro atoms. The highest BCUT2D eigenvalue weighted by atomic mass is 35.5. The molecule has 1 atom stereocenters. The number of hydrogen-bond acceptors (Lipinski definition) is 3. The standard InChI is InChI=1S/C20H15Cl2N3O2/c1-25-9-8-23-19(25)18(12-2-4-14(21)5-3-12)24-20(26)17-11-13-10-15(22)6-7-16(13)27-17/h2-11,18H,1H3,(H,24,26)/t18-/m1/s1. The molecule has 1 amide bonds. The van der Waals surface area contributed by atoms with Crippen molar-refractivity contribution in [1.82, 2.24) is 14.9 Å². The second kappa shape index (κ2) is 7.10. The number of rotatable bonds is 4. The fourth-order valence-electron chi connectivity index (χ4n) is 2.94. The van der Waals surface area contributed by atoms with E-state index in [2.05, 4.69) is 10.3 Å². The Balaban J connectivity index is 1.68. The van der Waals surface area contributed by atoms with Crippen LogP contribution in [0.4, 0.5) is 0 Å². The first kappa shape index (κ1) is 17.6. The summed E-state index contributed by atoms with van der Waals surface area (Å²) in [6.45, 7) is 0. The average Bonchev–Trinajstić information content (AvgIpc) is 3.26. The third-order valence-electron chi connectivity index (χ3n) is 4.30. The van der Waals surface area contributed by atoms with Crippen LogP contribution < -0.4 is 5.32 Å². The third-order valence-corrected chi connectivity index (χ3v) is 4.78. The first-order valence-corrected chi connectivity index (χ1v) is 8.99. The van der Waals surface area contributed by atoms with Crippen LogP contribution in [0.1, 0.15) is 28.0 Å². The fourth-order valence-corrected chi connectivity index (χ4v) is 3.24. The molecular weight excluding hydrogens is 385 g/mol. The number of aryl methyl sites for hydroxylation is 1. The Labute approximate surface area is 165 Å². The number of nitrogens with zero attached hydrogens (tertiary/aromatic N) is 2. The summed E-state index contributed by atoms with van der Waals surface area (Å²) in [7, 11) is 1.88. The number of nitrogens with one attached hydrogen (secondary N) is 1. The number of carbonyl (C=O) groups excluding carboxylic acids is 1. The average molecular weight is 400 g/mol. The van der Waals surface area contributed by atoms with E-state index < -0.39 is 6.04 Å². The molecule has 0 fully saturated rings. The lowest BCUT2D eigenvalue weighted by Crippen LogP contribution is -2.30. The van der Waals surface area contributed by atoms with Crippen LogP contribution in [-0.4, -0.2) is 15.5 Å². The number of benzene rings is 2. The maximum Gasteiger partial charge on any atom is 0.287 e. The van der Waals surface area contributed by atoms with Crippen LogP contribution in [0.15, 0.2) is 65.3 Å². The summed E-state index contributed by atoms with van der Waals surface area (Å²) in [5.41, 5.74) is 1.46. The molecule has 0 bridgehead atoms. The molecule has 0 aliphatic heterocycles. The van der Waals surface area contributed by atoms with Crippen molar-refractivity contribution in [3.63, 3.8) is 0 Å². The molecule has 2 heterocycles. The van der Waals surface area contributed by atoms with Gasteiger partial charge in [-0.05, 0) is 42.0 Å². The summed E-state index contributed by atoms with van der Waals surface area (Å²) < 4.78 is 7.53. The zero-order chi connectivity index (χ0) is 19.0. The van der Waals surface area contributed by atoms with E-state index in [1.165, 1.54) is 0 Å². The lowest BCUT2D eigenvalue weighted by Gasteiger charge is -2.18. The van der Waals surface area contributed by atoms with E-state index in [4.69, 9.17) is 27.6 Å². The highest BCUT2D eigenvalue weighted by molar-refractivity contribution is 6.31. The first-order chi connectivity index (χ1) is 13.0. The van der Waals surface area contributed by atoms with Crippen molar-refractivity contribution in [3.05, 3.63) is 88.1 Å². The Morgan fingerprint density at radius 2 is 1.85 bits per heavy atom. The van der Waals surface area contributed by atoms with Gasteiger partial charge < -0.3 is 14.3 Å². The molecule has 2 aromatic heterocycles. The molecule has 7 heteroatoms. The number of fused-ring (bicyclic) bond motifs is 1. The SMILES string of the molecule is Cn1ccnc1[C@H](NC(=O)c1cc2cc(Cl)ccc2o1)c1ccc(Cl)cc1. The number of halogens is 2. The zero-order valence-electron chi connectivity index (χ0n) is 14.3. The molecule has 136 valence electrons. The van der Waals surface area contributed by atoms with Gasteiger partial charge in [-0.2, -0.15) is 0 Å². The molecule has 2 aromatic carbocycles. The van der Waals surface area contributed by atoms with Crippen LogP contribution >= 0.6 is 23.2 Å². The summed E-state index contributed by atoms with van der Waals surface area (Å²) in [5.74, 6) is 0.565. The van der Waals surface area contributed by atoms with Crippen molar-refractivity contribution in [2.75, 3.05) is 0 Å². The normalized spacial score (nSPS) is 12.3. The zero-order valence-corrected chi connectivity index (χ0v) is 15.8. The Morgan fingerprint density at radius 1 is 1.11 bits per heavy atom. The second-order valence-electron chi connectivity index (χ2n) is 6.15. The number of amides is 1. The van der Waals surface area contributed by atoms with Gasteiger partial charge in [0.1, 0.15) is 17.4 Å². The van der Waals surface area contributed by atoms with E-state index in [0.29, 0.717) is 21.5 Å². The van der Waals surface area contributed by atoms with E-state index in [-0.39, 0.29) is 11.7 Å². The molecule has 4 rings (SSSR count). The number of hydrogen-bond donors (Lipinski definition) is 1. The molecule has 0 radical (unpaired) electrons. The molecule has 0 unspecified atom stereocenters. The first-order valence-electron chi connectivity index (χ1n) is 8.24. The molecule has 5 nitrogen and oxygen atoms in total. The highest BCUT2D eigenvalue weighted by Gasteiger charge is 2.23. The summed E-state index contributed by atoms with van der Waals surface area (Å²) in [4.78, 5) is 17.2. The van der Waals surface area contributed by atoms with Crippen LogP contribution in [0.25, 0.3) is 11.0 Å². The maximum absolute atomic E-state index is 12.9. The van der Waals surface area contributed by atoms with Gasteiger partial charge in [-0.25, -0.2) is 4.98 Å². The van der Waals surface area contributed by atoms with Crippen LogP contribution in [0, 0.1) is 0 Å². The number of carbonyl (C=O) groups is 1. The third kappa shape index (κ3) is 3.56. The van der Waals surface area contributed by atoms with Crippen molar-refractivity contribution in [2.24, 2.45) is 7.05 Å². The van der Waals surface area contributed by atoms with Crippen molar-refractivity contribution in [1.29, 1.82) is 0 Å². The van der Waals surface area contributed by atoms with Crippen LogP contribution in [0.2, 0.25) is 10.0 Å². The molecule has 1 N–H and O–H groups in total. The molecule has 0 saturated heterocycles. The topological polar surface area (TPSA) is 60.1 Å². The molecule has 27 heavy (non-hydrogen) atoms. The summed E-state index contributed by atoms with van der Waals surface area (Å²) in [6.07, 6.45) is 3.52. The Bertz CT molecular complexity index is 1120. The molecule has 0 saturated carbocycles. The minimum absolute atomic E-state index is 0.209. The number of aromatic nitrogens is 2. The lowest BCUT2D eigenvalue weighted by atomic mass is 10.1. The number of imidazole rings is 1. The van der Waals surface area contributed by atoms with Crippen molar-refractivity contribution in [3.8, 4) is 0 Å². The van der Waals surface area contributed by atoms with E-state index >= 15 is 0 Å². The van der Waals surface area contributed by atoms with Crippen LogP contribution in [0.3, 0.4) is 0 Å². The van der Waals surface area contributed by atoms with Crippen LogP contribution in [-0.2, 0) is 7.05 Å². The van der Waals surface area contributed by atoms with Crippen molar-refractivity contribution >= 4 is 40.1 Å². The molecule has 0 aliphatic rings. The van der Waals surface area contributed by atoms with E-state index in [9.17, 15) is 4.79 Å². The molecule has 0 aliphatic carbocycles.